The smallest absolute Gasteiger partial charge is 0.146 e. The van der Waals surface area contributed by atoms with E-state index in [1.807, 2.05) is 0 Å². The lowest BCUT2D eigenvalue weighted by atomic mass is 9.97. The third-order valence-electron chi connectivity index (χ3n) is 9.51. The summed E-state index contributed by atoms with van der Waals surface area (Å²) >= 11 is 0. The van der Waals surface area contributed by atoms with Gasteiger partial charge in [-0.3, -0.25) is 4.40 Å². The predicted molar refractivity (Wildman–Crippen MR) is 193 cm³/mol. The summed E-state index contributed by atoms with van der Waals surface area (Å²) in [5.41, 5.74) is 12.8. The molecule has 7 aromatic carbocycles. The molecule has 3 heteroatoms. The van der Waals surface area contributed by atoms with Gasteiger partial charge in [-0.2, -0.15) is 0 Å². The van der Waals surface area contributed by atoms with Crippen LogP contribution in [0.1, 0.15) is 0 Å². The highest BCUT2D eigenvalue weighted by Crippen LogP contribution is 2.36. The van der Waals surface area contributed by atoms with Crippen molar-refractivity contribution in [1.29, 1.82) is 0 Å². The molecule has 0 aliphatic heterocycles. The molecule has 0 bridgehead atoms. The molecular weight excluding hydrogens is 558 g/mol. The van der Waals surface area contributed by atoms with E-state index >= 15 is 0 Å². The molecule has 0 aliphatic rings. The van der Waals surface area contributed by atoms with Crippen molar-refractivity contribution in [1.82, 2.24) is 14.0 Å². The number of benzene rings is 7. The van der Waals surface area contributed by atoms with Crippen molar-refractivity contribution in [2.24, 2.45) is 0 Å². The third-order valence-corrected chi connectivity index (χ3v) is 9.51. The molecule has 0 N–H and O–H groups in total. The molecule has 0 aliphatic carbocycles. The van der Waals surface area contributed by atoms with E-state index in [0.717, 1.165) is 16.7 Å². The van der Waals surface area contributed by atoms with E-state index in [0.29, 0.717) is 0 Å². The summed E-state index contributed by atoms with van der Waals surface area (Å²) in [6.07, 6.45) is 0. The molecular formula is C43H27N3. The quantitative estimate of drug-likeness (QED) is 0.189. The van der Waals surface area contributed by atoms with E-state index in [1.165, 1.54) is 71.4 Å². The number of hydrogen-bond acceptors (Lipinski definition) is 1. The topological polar surface area (TPSA) is 22.2 Å². The fourth-order valence-corrected chi connectivity index (χ4v) is 7.35. The fourth-order valence-electron chi connectivity index (χ4n) is 7.35. The zero-order valence-electron chi connectivity index (χ0n) is 24.9. The van der Waals surface area contributed by atoms with Crippen LogP contribution in [0.3, 0.4) is 0 Å². The standard InChI is InChI=1S/C43H27N3/c1-5-13-39-33(9-1)34-10-2-6-14-40(34)45(39)32-24-21-29(22-25-32)28-17-19-30(20-18-28)31-23-26-36-37(27-31)35-11-3-7-15-41(35)46-42-16-8-4-12-38(42)44-43(36)46/h1-27H. The number of hydrogen-bond donors (Lipinski definition) is 0. The molecule has 10 aromatic rings. The van der Waals surface area contributed by atoms with Crippen molar-refractivity contribution in [3.63, 3.8) is 0 Å². The number of aromatic nitrogens is 3. The lowest BCUT2D eigenvalue weighted by Gasteiger charge is -2.12. The van der Waals surface area contributed by atoms with Gasteiger partial charge in [0.05, 0.1) is 27.6 Å². The number of nitrogens with zero attached hydrogens (tertiary/aromatic N) is 3. The van der Waals surface area contributed by atoms with Crippen LogP contribution in [0.25, 0.3) is 88.1 Å². The van der Waals surface area contributed by atoms with E-state index in [9.17, 15) is 0 Å². The van der Waals surface area contributed by atoms with Crippen LogP contribution in [0.2, 0.25) is 0 Å². The van der Waals surface area contributed by atoms with Crippen LogP contribution in [-0.2, 0) is 0 Å². The second-order valence-corrected chi connectivity index (χ2v) is 12.0. The SMILES string of the molecule is c1ccc2c(c1)nc1c3ccc(-c4ccc(-c5ccc(-n6c7ccccc7c7ccccc76)cc5)cc4)cc3c3ccccc3n21. The first-order valence-corrected chi connectivity index (χ1v) is 15.7. The van der Waals surface area contributed by atoms with Gasteiger partial charge in [-0.15, -0.1) is 0 Å². The Morgan fingerprint density at radius 2 is 0.826 bits per heavy atom. The molecule has 0 radical (unpaired) electrons. The molecule has 214 valence electrons. The van der Waals surface area contributed by atoms with Crippen molar-refractivity contribution in [3.05, 3.63) is 164 Å². The van der Waals surface area contributed by atoms with Crippen LogP contribution in [0.4, 0.5) is 0 Å². The zero-order chi connectivity index (χ0) is 30.2. The van der Waals surface area contributed by atoms with Gasteiger partial charge in [-0.1, -0.05) is 109 Å². The predicted octanol–water partition coefficient (Wildman–Crippen LogP) is 11.2. The van der Waals surface area contributed by atoms with Crippen LogP contribution >= 0.6 is 0 Å². The monoisotopic (exact) mass is 585 g/mol. The van der Waals surface area contributed by atoms with Crippen molar-refractivity contribution in [2.75, 3.05) is 0 Å². The second-order valence-electron chi connectivity index (χ2n) is 12.0. The number of para-hydroxylation sites is 5. The first kappa shape index (κ1) is 25.2. The Kier molecular flexibility index (Phi) is 5.28. The summed E-state index contributed by atoms with van der Waals surface area (Å²) in [6.45, 7) is 0. The highest BCUT2D eigenvalue weighted by Gasteiger charge is 2.15. The maximum Gasteiger partial charge on any atom is 0.146 e. The number of pyridine rings is 1. The Bertz CT molecular complexity index is 2730. The average molecular weight is 586 g/mol. The van der Waals surface area contributed by atoms with Crippen molar-refractivity contribution in [2.45, 2.75) is 0 Å². The van der Waals surface area contributed by atoms with Gasteiger partial charge in [-0.05, 0) is 82.2 Å². The van der Waals surface area contributed by atoms with Crippen LogP contribution in [0.15, 0.2) is 164 Å². The normalized spacial score (nSPS) is 11.9. The van der Waals surface area contributed by atoms with Gasteiger partial charge < -0.3 is 4.57 Å². The minimum Gasteiger partial charge on any atom is -0.309 e. The van der Waals surface area contributed by atoms with Gasteiger partial charge in [0.2, 0.25) is 0 Å². The van der Waals surface area contributed by atoms with Crippen molar-refractivity contribution >= 4 is 60.2 Å². The molecule has 3 nitrogen and oxygen atoms in total. The maximum absolute atomic E-state index is 5.05. The molecule has 0 saturated carbocycles. The molecule has 10 rings (SSSR count). The second kappa shape index (κ2) is 9.65. The lowest BCUT2D eigenvalue weighted by molar-refractivity contribution is 1.18. The molecule has 3 aromatic heterocycles. The van der Waals surface area contributed by atoms with Crippen molar-refractivity contribution < 1.29 is 0 Å². The molecule has 0 saturated heterocycles. The van der Waals surface area contributed by atoms with Crippen LogP contribution in [-0.4, -0.2) is 14.0 Å². The van der Waals surface area contributed by atoms with Crippen LogP contribution in [0.5, 0.6) is 0 Å². The average Bonchev–Trinajstić information content (AvgIpc) is 3.69. The Balaban J connectivity index is 1.04. The Morgan fingerprint density at radius 1 is 0.348 bits per heavy atom. The summed E-state index contributed by atoms with van der Waals surface area (Å²) in [4.78, 5) is 5.05. The molecule has 0 fully saturated rings. The molecule has 3 heterocycles. The summed E-state index contributed by atoms with van der Waals surface area (Å²) in [5.74, 6) is 0. The summed E-state index contributed by atoms with van der Waals surface area (Å²) in [7, 11) is 0. The largest absolute Gasteiger partial charge is 0.309 e. The molecule has 0 spiro atoms. The van der Waals surface area contributed by atoms with E-state index in [2.05, 4.69) is 173 Å². The number of fused-ring (bicyclic) bond motifs is 11. The van der Waals surface area contributed by atoms with E-state index in [-0.39, 0.29) is 0 Å². The molecule has 0 atom stereocenters. The van der Waals surface area contributed by atoms with Gasteiger partial charge in [0, 0.05) is 27.2 Å². The minimum absolute atomic E-state index is 1.00. The zero-order valence-corrected chi connectivity index (χ0v) is 24.9. The minimum atomic E-state index is 1.00. The summed E-state index contributed by atoms with van der Waals surface area (Å²) < 4.78 is 4.66. The molecule has 0 amide bonds. The van der Waals surface area contributed by atoms with Crippen LogP contribution < -0.4 is 0 Å². The van der Waals surface area contributed by atoms with Crippen molar-refractivity contribution in [3.8, 4) is 27.9 Å². The maximum atomic E-state index is 5.05. The highest BCUT2D eigenvalue weighted by atomic mass is 15.0. The molecule has 46 heavy (non-hydrogen) atoms. The Morgan fingerprint density at radius 3 is 1.48 bits per heavy atom. The van der Waals surface area contributed by atoms with E-state index < -0.39 is 0 Å². The Hall–Kier alpha value is -6.19. The first-order valence-electron chi connectivity index (χ1n) is 15.7. The van der Waals surface area contributed by atoms with E-state index in [1.54, 1.807) is 0 Å². The van der Waals surface area contributed by atoms with E-state index in [4.69, 9.17) is 4.98 Å². The Labute approximate surface area is 265 Å². The molecule has 0 unspecified atom stereocenters. The van der Waals surface area contributed by atoms with Gasteiger partial charge in [0.15, 0.2) is 0 Å². The van der Waals surface area contributed by atoms with Gasteiger partial charge in [0.1, 0.15) is 5.65 Å². The highest BCUT2D eigenvalue weighted by molar-refractivity contribution is 6.15. The summed E-state index contributed by atoms with van der Waals surface area (Å²) in [6, 6.07) is 59.0. The van der Waals surface area contributed by atoms with Gasteiger partial charge in [-0.25, -0.2) is 4.98 Å². The fraction of sp³-hybridized carbons (Fsp3) is 0. The lowest BCUT2D eigenvalue weighted by Crippen LogP contribution is -1.93. The van der Waals surface area contributed by atoms with Gasteiger partial charge >= 0.3 is 0 Å². The first-order chi connectivity index (χ1) is 22.8. The number of imidazole rings is 1. The summed E-state index contributed by atoms with van der Waals surface area (Å²) in [5, 5.41) is 6.18. The van der Waals surface area contributed by atoms with Gasteiger partial charge in [0.25, 0.3) is 0 Å². The number of rotatable bonds is 3. The van der Waals surface area contributed by atoms with Crippen LogP contribution in [0, 0.1) is 0 Å². The third kappa shape index (κ3) is 3.63.